The van der Waals surface area contributed by atoms with Gasteiger partial charge in [-0.05, 0) is 24.6 Å². The molecule has 0 unspecified atom stereocenters. The fraction of sp³-hybridized carbons (Fsp3) is 0.400. The predicted octanol–water partition coefficient (Wildman–Crippen LogP) is 3.03. The zero-order valence-electron chi connectivity index (χ0n) is 8.06. The van der Waals surface area contributed by atoms with Crippen molar-refractivity contribution in [3.8, 4) is 0 Å². The first-order valence-corrected chi connectivity index (χ1v) is 4.56. The molecule has 0 heterocycles. The van der Waals surface area contributed by atoms with E-state index >= 15 is 0 Å². The zero-order valence-corrected chi connectivity index (χ0v) is 8.06. The van der Waals surface area contributed by atoms with Crippen molar-refractivity contribution in [2.45, 2.75) is 19.8 Å². The molecule has 2 nitrogen and oxygen atoms in total. The maximum absolute atomic E-state index is 12.5. The summed E-state index contributed by atoms with van der Waals surface area (Å²) >= 11 is 0. The zero-order chi connectivity index (χ0) is 10.6. The molecule has 0 atom stereocenters. The van der Waals surface area contributed by atoms with Gasteiger partial charge < -0.3 is 11.1 Å². The number of nitrogens with two attached hydrogens (primary N) is 1. The van der Waals surface area contributed by atoms with E-state index in [2.05, 4.69) is 5.32 Å². The lowest BCUT2D eigenvalue weighted by Gasteiger charge is -2.11. The standard InChI is InChI=1S/C10H14F2N2/c1-2-5-14-9-4-3-7(13)6-8(9)10(11)12/h3-4,6,10,14H,2,5,13H2,1H3. The molecule has 1 rings (SSSR count). The highest BCUT2D eigenvalue weighted by Gasteiger charge is 2.12. The summed E-state index contributed by atoms with van der Waals surface area (Å²) in [7, 11) is 0. The van der Waals surface area contributed by atoms with E-state index < -0.39 is 6.43 Å². The first-order chi connectivity index (χ1) is 6.65. The molecule has 0 radical (unpaired) electrons. The van der Waals surface area contributed by atoms with Crippen molar-refractivity contribution in [3.63, 3.8) is 0 Å². The molecule has 0 fully saturated rings. The first-order valence-electron chi connectivity index (χ1n) is 4.56. The number of anilines is 2. The van der Waals surface area contributed by atoms with Crippen molar-refractivity contribution < 1.29 is 8.78 Å². The third kappa shape index (κ3) is 2.58. The van der Waals surface area contributed by atoms with Crippen molar-refractivity contribution >= 4 is 11.4 Å². The van der Waals surface area contributed by atoms with E-state index in [9.17, 15) is 8.78 Å². The quantitative estimate of drug-likeness (QED) is 0.733. The van der Waals surface area contributed by atoms with Gasteiger partial charge >= 0.3 is 0 Å². The molecule has 0 aliphatic carbocycles. The van der Waals surface area contributed by atoms with Gasteiger partial charge in [0.05, 0.1) is 0 Å². The second kappa shape index (κ2) is 4.79. The van der Waals surface area contributed by atoms with Crippen molar-refractivity contribution in [1.82, 2.24) is 0 Å². The summed E-state index contributed by atoms with van der Waals surface area (Å²) in [4.78, 5) is 0. The summed E-state index contributed by atoms with van der Waals surface area (Å²) in [6.45, 7) is 2.66. The average molecular weight is 200 g/mol. The largest absolute Gasteiger partial charge is 0.399 e. The SMILES string of the molecule is CCCNc1ccc(N)cc1C(F)F. The number of hydrogen-bond donors (Lipinski definition) is 2. The molecule has 0 spiro atoms. The van der Waals surface area contributed by atoms with E-state index in [1.807, 2.05) is 6.92 Å². The summed E-state index contributed by atoms with van der Waals surface area (Å²) in [6.07, 6.45) is -1.59. The molecule has 0 amide bonds. The molecule has 0 aromatic heterocycles. The van der Waals surface area contributed by atoms with Crippen molar-refractivity contribution in [2.24, 2.45) is 0 Å². The number of hydrogen-bond acceptors (Lipinski definition) is 2. The highest BCUT2D eigenvalue weighted by Crippen LogP contribution is 2.28. The van der Waals surface area contributed by atoms with Gasteiger partial charge in [0.15, 0.2) is 0 Å². The third-order valence-corrected chi connectivity index (χ3v) is 1.88. The molecule has 4 heteroatoms. The maximum atomic E-state index is 12.5. The number of nitrogen functional groups attached to an aromatic ring is 1. The normalized spacial score (nSPS) is 10.6. The molecule has 0 aliphatic rings. The smallest absolute Gasteiger partial charge is 0.265 e. The van der Waals surface area contributed by atoms with Crippen LogP contribution in [0.4, 0.5) is 20.2 Å². The number of alkyl halides is 2. The Morgan fingerprint density at radius 1 is 1.43 bits per heavy atom. The molecule has 3 N–H and O–H groups in total. The Morgan fingerprint density at radius 3 is 2.71 bits per heavy atom. The average Bonchev–Trinajstić information content (AvgIpc) is 2.15. The van der Waals surface area contributed by atoms with Crippen LogP contribution in [0.5, 0.6) is 0 Å². The Balaban J connectivity index is 2.90. The van der Waals surface area contributed by atoms with E-state index in [0.717, 1.165) is 6.42 Å². The van der Waals surface area contributed by atoms with Crippen LogP contribution in [0.2, 0.25) is 0 Å². The second-order valence-electron chi connectivity index (χ2n) is 3.07. The van der Waals surface area contributed by atoms with Gasteiger partial charge in [-0.2, -0.15) is 0 Å². The minimum absolute atomic E-state index is 0.0292. The van der Waals surface area contributed by atoms with Gasteiger partial charge in [0, 0.05) is 23.5 Å². The fourth-order valence-electron chi connectivity index (χ4n) is 1.18. The molecule has 78 valence electrons. The molecule has 0 saturated carbocycles. The Bertz CT molecular complexity index is 300. The van der Waals surface area contributed by atoms with Crippen LogP contribution in [0.3, 0.4) is 0 Å². The number of benzene rings is 1. The van der Waals surface area contributed by atoms with Gasteiger partial charge in [0.25, 0.3) is 6.43 Å². The molecule has 0 saturated heterocycles. The van der Waals surface area contributed by atoms with E-state index in [0.29, 0.717) is 17.9 Å². The monoisotopic (exact) mass is 200 g/mol. The molecule has 14 heavy (non-hydrogen) atoms. The number of rotatable bonds is 4. The van der Waals surface area contributed by atoms with Crippen LogP contribution in [0.1, 0.15) is 25.3 Å². The van der Waals surface area contributed by atoms with Crippen LogP contribution < -0.4 is 11.1 Å². The number of nitrogens with one attached hydrogen (secondary N) is 1. The highest BCUT2D eigenvalue weighted by molar-refractivity contribution is 5.58. The fourth-order valence-corrected chi connectivity index (χ4v) is 1.18. The maximum Gasteiger partial charge on any atom is 0.265 e. The summed E-state index contributed by atoms with van der Waals surface area (Å²) in [5.41, 5.74) is 6.24. The predicted molar refractivity (Wildman–Crippen MR) is 54.6 cm³/mol. The van der Waals surface area contributed by atoms with E-state index in [1.165, 1.54) is 6.07 Å². The van der Waals surface area contributed by atoms with Crippen LogP contribution in [0.15, 0.2) is 18.2 Å². The lowest BCUT2D eigenvalue weighted by Crippen LogP contribution is -2.04. The van der Waals surface area contributed by atoms with Gasteiger partial charge in [0.1, 0.15) is 0 Å². The summed E-state index contributed by atoms with van der Waals surface area (Å²) in [5, 5.41) is 2.94. The summed E-state index contributed by atoms with van der Waals surface area (Å²) < 4.78 is 25.1. The summed E-state index contributed by atoms with van der Waals surface area (Å²) in [6, 6.07) is 4.51. The lowest BCUT2D eigenvalue weighted by molar-refractivity contribution is 0.152. The Labute approximate surface area is 82.1 Å². The Hall–Kier alpha value is -1.32. The molecular formula is C10H14F2N2. The van der Waals surface area contributed by atoms with E-state index in [4.69, 9.17) is 5.73 Å². The van der Waals surface area contributed by atoms with Gasteiger partial charge in [0.2, 0.25) is 0 Å². The van der Waals surface area contributed by atoms with Crippen LogP contribution in [-0.4, -0.2) is 6.54 Å². The lowest BCUT2D eigenvalue weighted by atomic mass is 10.1. The molecule has 1 aromatic carbocycles. The van der Waals surface area contributed by atoms with Crippen LogP contribution >= 0.6 is 0 Å². The topological polar surface area (TPSA) is 38.0 Å². The summed E-state index contributed by atoms with van der Waals surface area (Å²) in [5.74, 6) is 0. The number of halogens is 2. The van der Waals surface area contributed by atoms with E-state index in [1.54, 1.807) is 12.1 Å². The first kappa shape index (κ1) is 10.8. The Morgan fingerprint density at radius 2 is 2.14 bits per heavy atom. The molecule has 0 aliphatic heterocycles. The van der Waals surface area contributed by atoms with Crippen molar-refractivity contribution in [1.29, 1.82) is 0 Å². The molecule has 1 aromatic rings. The van der Waals surface area contributed by atoms with Crippen LogP contribution in [0.25, 0.3) is 0 Å². The molecular weight excluding hydrogens is 186 g/mol. The minimum Gasteiger partial charge on any atom is -0.399 e. The second-order valence-corrected chi connectivity index (χ2v) is 3.07. The molecule has 0 bridgehead atoms. The minimum atomic E-state index is -2.49. The third-order valence-electron chi connectivity index (χ3n) is 1.88. The van der Waals surface area contributed by atoms with Gasteiger partial charge in [-0.25, -0.2) is 8.78 Å². The van der Waals surface area contributed by atoms with Gasteiger partial charge in [-0.3, -0.25) is 0 Å². The van der Waals surface area contributed by atoms with Crippen molar-refractivity contribution in [2.75, 3.05) is 17.6 Å². The van der Waals surface area contributed by atoms with Crippen molar-refractivity contribution in [3.05, 3.63) is 23.8 Å². The van der Waals surface area contributed by atoms with E-state index in [-0.39, 0.29) is 5.56 Å². The highest BCUT2D eigenvalue weighted by atomic mass is 19.3. The van der Waals surface area contributed by atoms with Crippen LogP contribution in [0, 0.1) is 0 Å². The van der Waals surface area contributed by atoms with Crippen LogP contribution in [-0.2, 0) is 0 Å². The van der Waals surface area contributed by atoms with Gasteiger partial charge in [-0.15, -0.1) is 0 Å². The van der Waals surface area contributed by atoms with Gasteiger partial charge in [-0.1, -0.05) is 6.92 Å². The Kier molecular flexibility index (Phi) is 3.68.